The number of amides is 1. The van der Waals surface area contributed by atoms with Crippen LogP contribution in [0.5, 0.6) is 0 Å². The Bertz CT molecular complexity index is 512. The summed E-state index contributed by atoms with van der Waals surface area (Å²) in [4.78, 5) is 25.3. The molecule has 1 aliphatic rings. The third-order valence-corrected chi connectivity index (χ3v) is 3.57. The van der Waals surface area contributed by atoms with Gasteiger partial charge in [-0.2, -0.15) is 0 Å². The number of carbonyl (C=O) groups excluding carboxylic acids is 1. The monoisotopic (exact) mass is 292 g/mol. The molecule has 2 N–H and O–H groups in total. The molecule has 1 heterocycles. The Morgan fingerprint density at radius 1 is 1.33 bits per heavy atom. The van der Waals surface area contributed by atoms with Gasteiger partial charge in [-0.3, -0.25) is 14.5 Å². The van der Waals surface area contributed by atoms with Crippen LogP contribution in [0.4, 0.5) is 5.69 Å². The molecule has 0 spiro atoms. The number of morpholine rings is 1. The predicted octanol–water partition coefficient (Wildman–Crippen LogP) is 1.11. The number of nitrogens with one attached hydrogen (secondary N) is 1. The molecule has 114 valence electrons. The van der Waals surface area contributed by atoms with Crippen molar-refractivity contribution in [3.8, 4) is 0 Å². The third-order valence-electron chi connectivity index (χ3n) is 3.57. The molecule has 6 nitrogen and oxygen atoms in total. The molecule has 1 aliphatic heterocycles. The Balaban J connectivity index is 1.98. The van der Waals surface area contributed by atoms with E-state index in [1.54, 1.807) is 11.0 Å². The Hall–Kier alpha value is -1.92. The summed E-state index contributed by atoms with van der Waals surface area (Å²) in [5.74, 6) is -1.26. The molecule has 0 aromatic heterocycles. The molecule has 1 unspecified atom stereocenters. The van der Waals surface area contributed by atoms with Crippen molar-refractivity contribution in [2.75, 3.05) is 31.6 Å². The second-order valence-electron chi connectivity index (χ2n) is 5.07. The van der Waals surface area contributed by atoms with Gasteiger partial charge in [0.2, 0.25) is 5.91 Å². The first-order chi connectivity index (χ1) is 10.1. The molecule has 6 heteroatoms. The minimum atomic E-state index is -0.975. The number of aryl methyl sites for hydroxylation is 1. The van der Waals surface area contributed by atoms with Gasteiger partial charge in [0.15, 0.2) is 0 Å². The summed E-state index contributed by atoms with van der Waals surface area (Å²) in [6, 6.07) is 6.61. The van der Waals surface area contributed by atoms with Crippen molar-refractivity contribution >= 4 is 17.6 Å². The fraction of sp³-hybridized carbons (Fsp3) is 0.467. The van der Waals surface area contributed by atoms with Crippen LogP contribution in [0.2, 0.25) is 0 Å². The van der Waals surface area contributed by atoms with Gasteiger partial charge in [-0.1, -0.05) is 18.2 Å². The fourth-order valence-corrected chi connectivity index (χ4v) is 2.35. The standard InChI is InChI=1S/C15H20N2O4/c1-11-4-2-3-5-12(11)16-14(18)10-13(15(19)20)17-6-8-21-9-7-17/h2-5,13H,6-10H2,1H3,(H,16,18)(H,19,20). The Kier molecular flexibility index (Phi) is 5.30. The Morgan fingerprint density at radius 3 is 2.62 bits per heavy atom. The topological polar surface area (TPSA) is 78.9 Å². The Labute approximate surface area is 123 Å². The maximum Gasteiger partial charge on any atom is 0.321 e. The number of nitrogens with zero attached hydrogens (tertiary/aromatic N) is 1. The van der Waals surface area contributed by atoms with Crippen molar-refractivity contribution in [3.05, 3.63) is 29.8 Å². The van der Waals surface area contributed by atoms with E-state index in [-0.39, 0.29) is 12.3 Å². The maximum absolute atomic E-state index is 12.1. The predicted molar refractivity (Wildman–Crippen MR) is 78.2 cm³/mol. The van der Waals surface area contributed by atoms with Crippen LogP contribution in [0.1, 0.15) is 12.0 Å². The maximum atomic E-state index is 12.1. The zero-order chi connectivity index (χ0) is 15.2. The van der Waals surface area contributed by atoms with E-state index in [2.05, 4.69) is 5.32 Å². The van der Waals surface area contributed by atoms with Crippen molar-refractivity contribution < 1.29 is 19.4 Å². The normalized spacial score (nSPS) is 17.2. The van der Waals surface area contributed by atoms with Gasteiger partial charge in [-0.25, -0.2) is 0 Å². The molecule has 1 fully saturated rings. The van der Waals surface area contributed by atoms with E-state index < -0.39 is 12.0 Å². The lowest BCUT2D eigenvalue weighted by Crippen LogP contribution is -2.48. The number of carboxylic acid groups (broad SMARTS) is 1. The van der Waals surface area contributed by atoms with Gasteiger partial charge in [0.05, 0.1) is 19.6 Å². The van der Waals surface area contributed by atoms with E-state index >= 15 is 0 Å². The zero-order valence-electron chi connectivity index (χ0n) is 12.0. The van der Waals surface area contributed by atoms with Crippen LogP contribution in [0.15, 0.2) is 24.3 Å². The van der Waals surface area contributed by atoms with Gasteiger partial charge in [0.25, 0.3) is 0 Å². The van der Waals surface area contributed by atoms with Gasteiger partial charge < -0.3 is 15.2 Å². The highest BCUT2D eigenvalue weighted by atomic mass is 16.5. The largest absolute Gasteiger partial charge is 0.480 e. The van der Waals surface area contributed by atoms with E-state index in [9.17, 15) is 14.7 Å². The van der Waals surface area contributed by atoms with Crippen molar-refractivity contribution in [1.29, 1.82) is 0 Å². The van der Waals surface area contributed by atoms with E-state index in [4.69, 9.17) is 4.74 Å². The quantitative estimate of drug-likeness (QED) is 0.850. The SMILES string of the molecule is Cc1ccccc1NC(=O)CC(C(=O)O)N1CCOCC1. The van der Waals surface area contributed by atoms with Gasteiger partial charge in [0, 0.05) is 18.8 Å². The van der Waals surface area contributed by atoms with E-state index in [0.29, 0.717) is 32.0 Å². The smallest absolute Gasteiger partial charge is 0.321 e. The van der Waals surface area contributed by atoms with Crippen LogP contribution in [0.25, 0.3) is 0 Å². The minimum absolute atomic E-state index is 0.0658. The molecule has 1 atom stereocenters. The number of anilines is 1. The highest BCUT2D eigenvalue weighted by molar-refractivity contribution is 5.94. The van der Waals surface area contributed by atoms with Crippen LogP contribution < -0.4 is 5.32 Å². The number of para-hydroxylation sites is 1. The van der Waals surface area contributed by atoms with Crippen LogP contribution >= 0.6 is 0 Å². The molecule has 1 aromatic carbocycles. The summed E-state index contributed by atoms with van der Waals surface area (Å²) in [6.07, 6.45) is -0.0658. The third kappa shape index (κ3) is 4.27. The summed E-state index contributed by atoms with van der Waals surface area (Å²) in [5.41, 5.74) is 1.66. The molecule has 0 aliphatic carbocycles. The number of carbonyl (C=O) groups is 2. The molecule has 0 radical (unpaired) electrons. The van der Waals surface area contributed by atoms with E-state index in [1.807, 2.05) is 25.1 Å². The lowest BCUT2D eigenvalue weighted by atomic mass is 10.1. The van der Waals surface area contributed by atoms with E-state index in [1.165, 1.54) is 0 Å². The number of ether oxygens (including phenoxy) is 1. The number of carboxylic acids is 1. The van der Waals surface area contributed by atoms with Crippen molar-refractivity contribution in [2.24, 2.45) is 0 Å². The molecule has 0 saturated carbocycles. The van der Waals surface area contributed by atoms with Gasteiger partial charge >= 0.3 is 5.97 Å². The summed E-state index contributed by atoms with van der Waals surface area (Å²) < 4.78 is 5.21. The van der Waals surface area contributed by atoms with Crippen LogP contribution in [0, 0.1) is 6.92 Å². The molecule has 1 amide bonds. The fourth-order valence-electron chi connectivity index (χ4n) is 2.35. The highest BCUT2D eigenvalue weighted by Crippen LogP contribution is 2.15. The van der Waals surface area contributed by atoms with Crippen LogP contribution in [0.3, 0.4) is 0 Å². The highest BCUT2D eigenvalue weighted by Gasteiger charge is 2.29. The lowest BCUT2D eigenvalue weighted by molar-refractivity contribution is -0.147. The molecular formula is C15H20N2O4. The van der Waals surface area contributed by atoms with E-state index in [0.717, 1.165) is 5.56 Å². The molecular weight excluding hydrogens is 272 g/mol. The van der Waals surface area contributed by atoms with Gasteiger partial charge in [0.1, 0.15) is 6.04 Å². The van der Waals surface area contributed by atoms with Crippen molar-refractivity contribution in [1.82, 2.24) is 4.90 Å². The summed E-state index contributed by atoms with van der Waals surface area (Å²) in [5, 5.41) is 12.1. The molecule has 0 bridgehead atoms. The first-order valence-electron chi connectivity index (χ1n) is 6.98. The Morgan fingerprint density at radius 2 is 2.00 bits per heavy atom. The minimum Gasteiger partial charge on any atom is -0.480 e. The summed E-state index contributed by atoms with van der Waals surface area (Å²) in [7, 11) is 0. The van der Waals surface area contributed by atoms with Gasteiger partial charge in [-0.05, 0) is 18.6 Å². The zero-order valence-corrected chi connectivity index (χ0v) is 12.0. The summed E-state index contributed by atoms with van der Waals surface area (Å²) >= 11 is 0. The number of hydrogen-bond acceptors (Lipinski definition) is 4. The number of benzene rings is 1. The average molecular weight is 292 g/mol. The lowest BCUT2D eigenvalue weighted by Gasteiger charge is -2.31. The number of aliphatic carboxylic acids is 1. The molecule has 21 heavy (non-hydrogen) atoms. The van der Waals surface area contributed by atoms with Crippen molar-refractivity contribution in [2.45, 2.75) is 19.4 Å². The van der Waals surface area contributed by atoms with Crippen LogP contribution in [-0.2, 0) is 14.3 Å². The molecule has 1 aromatic rings. The average Bonchev–Trinajstić information content (AvgIpc) is 2.48. The number of hydrogen-bond donors (Lipinski definition) is 2. The number of rotatable bonds is 5. The second kappa shape index (κ2) is 7.19. The first kappa shape index (κ1) is 15.5. The molecule has 2 rings (SSSR count). The first-order valence-corrected chi connectivity index (χ1v) is 6.98. The molecule has 1 saturated heterocycles. The summed E-state index contributed by atoms with van der Waals surface area (Å²) in [6.45, 7) is 3.97. The van der Waals surface area contributed by atoms with Crippen molar-refractivity contribution in [3.63, 3.8) is 0 Å². The van der Waals surface area contributed by atoms with Crippen LogP contribution in [-0.4, -0.2) is 54.2 Å². The second-order valence-corrected chi connectivity index (χ2v) is 5.07. The van der Waals surface area contributed by atoms with Gasteiger partial charge in [-0.15, -0.1) is 0 Å².